The van der Waals surface area contributed by atoms with Gasteiger partial charge < -0.3 is 14.4 Å². The van der Waals surface area contributed by atoms with Gasteiger partial charge in [-0.15, -0.1) is 54.1 Å². The summed E-state index contributed by atoms with van der Waals surface area (Å²) in [7, 11) is -2.96. The van der Waals surface area contributed by atoms with E-state index in [2.05, 4.69) is 148 Å². The maximum Gasteiger partial charge on any atom is 0.120 e. The van der Waals surface area contributed by atoms with Crippen LogP contribution < -0.4 is 10.4 Å². The van der Waals surface area contributed by atoms with Gasteiger partial charge in [-0.05, 0) is 44.9 Å². The third-order valence-corrected chi connectivity index (χ3v) is 12.8. The predicted molar refractivity (Wildman–Crippen MR) is 210 cm³/mol. The molecule has 0 atom stereocenters. The quantitative estimate of drug-likeness (QED) is 0.124. The van der Waals surface area contributed by atoms with Gasteiger partial charge in [0, 0.05) is 37.9 Å². The summed E-state index contributed by atoms with van der Waals surface area (Å²) in [6.45, 7) is 18.6. The van der Waals surface area contributed by atoms with Gasteiger partial charge in [0.05, 0.1) is 21.7 Å². The van der Waals surface area contributed by atoms with Crippen molar-refractivity contribution in [3.63, 3.8) is 0 Å². The molecule has 0 aliphatic rings. The molecular weight excluding hydrogens is 809 g/mol. The van der Waals surface area contributed by atoms with Crippen molar-refractivity contribution in [3.8, 4) is 33.6 Å². The Morgan fingerprint density at radius 2 is 1.39 bits per heavy atom. The number of rotatable bonds is 6. The standard InChI is InChI=1S/C29H28NOSi.C14H16NSi.Ir/c1-19(2)21-16-17-30-26(18-21)25-13-9-12-23-24-15-14-22(20-10-7-6-8-11-20)29(32(3,4)5)28(24)31-27(23)25;1-16(2,3)13-9-10-14(15-11-13)12-7-5-4-6-8-12;/h6-12,14-19H,1-5H3;4-7,9-11H,1-3H3;/q2*-1;. The fraction of sp³-hybridized carbons (Fsp3) is 0.209. The molecule has 0 amide bonds. The zero-order valence-corrected chi connectivity index (χ0v) is 34.1. The van der Waals surface area contributed by atoms with Crippen LogP contribution in [-0.4, -0.2) is 26.1 Å². The first-order valence-corrected chi connectivity index (χ1v) is 23.8. The fourth-order valence-corrected chi connectivity index (χ4v) is 9.03. The average Bonchev–Trinajstić information content (AvgIpc) is 3.47. The van der Waals surface area contributed by atoms with Gasteiger partial charge in [0.2, 0.25) is 0 Å². The summed E-state index contributed by atoms with van der Waals surface area (Å²) in [4.78, 5) is 9.18. The van der Waals surface area contributed by atoms with Crippen LogP contribution in [0.2, 0.25) is 39.3 Å². The van der Waals surface area contributed by atoms with Gasteiger partial charge in [-0.1, -0.05) is 130 Å². The molecule has 0 bridgehead atoms. The first-order chi connectivity index (χ1) is 22.9. The molecule has 7 aromatic rings. The van der Waals surface area contributed by atoms with E-state index in [1.54, 1.807) is 0 Å². The van der Waals surface area contributed by atoms with Crippen LogP contribution in [0.1, 0.15) is 25.3 Å². The predicted octanol–water partition coefficient (Wildman–Crippen LogP) is 10.9. The van der Waals surface area contributed by atoms with E-state index in [1.807, 2.05) is 42.7 Å². The SMILES string of the molecule is CC(C)c1ccnc(-c2[c-]ccc3c2oc2c([Si](C)(C)C)c(-c4ccccc4)ccc23)c1.C[Si](C)(C)c1ccc(-c2[c-]cccc2)nc1.[Ir]. The summed E-state index contributed by atoms with van der Waals surface area (Å²) in [6, 6.07) is 42.4. The van der Waals surface area contributed by atoms with Crippen LogP contribution >= 0.6 is 0 Å². The van der Waals surface area contributed by atoms with E-state index >= 15 is 0 Å². The van der Waals surface area contributed by atoms with Gasteiger partial charge in [0.25, 0.3) is 0 Å². The summed E-state index contributed by atoms with van der Waals surface area (Å²) in [5, 5.41) is 5.07. The van der Waals surface area contributed by atoms with E-state index in [4.69, 9.17) is 4.42 Å². The molecule has 0 aliphatic heterocycles. The van der Waals surface area contributed by atoms with Crippen molar-refractivity contribution in [2.24, 2.45) is 0 Å². The summed E-state index contributed by atoms with van der Waals surface area (Å²) >= 11 is 0. The van der Waals surface area contributed by atoms with Crippen LogP contribution in [0.4, 0.5) is 0 Å². The van der Waals surface area contributed by atoms with Crippen molar-refractivity contribution in [3.05, 3.63) is 133 Å². The Bertz CT molecular complexity index is 2160. The third kappa shape index (κ3) is 7.94. The van der Waals surface area contributed by atoms with E-state index < -0.39 is 16.1 Å². The topological polar surface area (TPSA) is 38.9 Å². The number of furan rings is 1. The number of benzene rings is 4. The maximum atomic E-state index is 6.72. The first kappa shape index (κ1) is 36.3. The van der Waals surface area contributed by atoms with Gasteiger partial charge in [-0.25, -0.2) is 0 Å². The van der Waals surface area contributed by atoms with Gasteiger partial charge in [-0.2, -0.15) is 0 Å². The molecule has 3 heterocycles. The molecule has 251 valence electrons. The van der Waals surface area contributed by atoms with Crippen molar-refractivity contribution < 1.29 is 24.5 Å². The number of pyridine rings is 2. The summed E-state index contributed by atoms with van der Waals surface area (Å²) in [5.74, 6) is 0.443. The Kier molecular flexibility index (Phi) is 11.0. The van der Waals surface area contributed by atoms with Crippen molar-refractivity contribution in [1.82, 2.24) is 9.97 Å². The second-order valence-corrected chi connectivity index (χ2v) is 24.8. The van der Waals surface area contributed by atoms with E-state index in [1.165, 1.54) is 32.5 Å². The Labute approximate surface area is 307 Å². The molecule has 3 nitrogen and oxygen atoms in total. The van der Waals surface area contributed by atoms with Gasteiger partial charge >= 0.3 is 0 Å². The molecule has 7 rings (SSSR count). The molecule has 0 fully saturated rings. The summed E-state index contributed by atoms with van der Waals surface area (Å²) < 4.78 is 6.72. The van der Waals surface area contributed by atoms with E-state index in [9.17, 15) is 0 Å². The van der Waals surface area contributed by atoms with Crippen molar-refractivity contribution in [2.75, 3.05) is 0 Å². The average molecular weight is 853 g/mol. The maximum absolute atomic E-state index is 6.72. The summed E-state index contributed by atoms with van der Waals surface area (Å²) in [5.41, 5.74) is 9.59. The number of fused-ring (bicyclic) bond motifs is 3. The molecule has 0 saturated carbocycles. The van der Waals surface area contributed by atoms with Crippen LogP contribution in [0.25, 0.3) is 55.6 Å². The second-order valence-electron chi connectivity index (χ2n) is 14.8. The molecule has 0 spiro atoms. The molecule has 4 aromatic carbocycles. The first-order valence-electron chi connectivity index (χ1n) is 16.8. The Balaban J connectivity index is 0.000000233. The molecular formula is C43H44IrN2OSi2-2. The van der Waals surface area contributed by atoms with E-state index in [-0.39, 0.29) is 20.1 Å². The van der Waals surface area contributed by atoms with Crippen LogP contribution in [0.15, 0.2) is 120 Å². The normalized spacial score (nSPS) is 11.7. The largest absolute Gasteiger partial charge is 0.501 e. The van der Waals surface area contributed by atoms with E-state index in [0.29, 0.717) is 5.92 Å². The number of hydrogen-bond donors (Lipinski definition) is 0. The molecule has 0 unspecified atom stereocenters. The van der Waals surface area contributed by atoms with Crippen molar-refractivity contribution in [2.45, 2.75) is 59.0 Å². The van der Waals surface area contributed by atoms with E-state index in [0.717, 1.165) is 39.1 Å². The minimum Gasteiger partial charge on any atom is -0.501 e. The Morgan fingerprint density at radius 3 is 2.02 bits per heavy atom. The smallest absolute Gasteiger partial charge is 0.120 e. The monoisotopic (exact) mass is 853 g/mol. The van der Waals surface area contributed by atoms with Crippen LogP contribution in [-0.2, 0) is 20.1 Å². The third-order valence-electron chi connectivity index (χ3n) is 8.76. The van der Waals surface area contributed by atoms with Crippen LogP contribution in [0.5, 0.6) is 0 Å². The molecule has 1 radical (unpaired) electrons. The minimum absolute atomic E-state index is 0. The van der Waals surface area contributed by atoms with Gasteiger partial charge in [0.15, 0.2) is 0 Å². The second kappa shape index (κ2) is 14.9. The Morgan fingerprint density at radius 1 is 0.653 bits per heavy atom. The van der Waals surface area contributed by atoms with Gasteiger partial charge in [-0.3, -0.25) is 0 Å². The van der Waals surface area contributed by atoms with Crippen molar-refractivity contribution in [1.29, 1.82) is 0 Å². The molecule has 0 N–H and O–H groups in total. The van der Waals surface area contributed by atoms with Gasteiger partial charge in [0.1, 0.15) is 5.58 Å². The number of nitrogens with zero attached hydrogens (tertiary/aromatic N) is 2. The summed E-state index contributed by atoms with van der Waals surface area (Å²) in [6.07, 6.45) is 3.91. The number of hydrogen-bond acceptors (Lipinski definition) is 3. The molecule has 3 aromatic heterocycles. The number of aromatic nitrogens is 2. The van der Waals surface area contributed by atoms with Crippen molar-refractivity contribution >= 4 is 48.5 Å². The zero-order chi connectivity index (χ0) is 34.1. The fourth-order valence-electron chi connectivity index (χ4n) is 6.09. The zero-order valence-electron chi connectivity index (χ0n) is 29.7. The molecule has 6 heteroatoms. The Hall–Kier alpha value is -3.94. The van der Waals surface area contributed by atoms with Crippen LogP contribution in [0.3, 0.4) is 0 Å². The minimum atomic E-state index is -1.73. The molecule has 0 saturated heterocycles. The molecule has 49 heavy (non-hydrogen) atoms. The van der Waals surface area contributed by atoms with Crippen LogP contribution in [0, 0.1) is 12.1 Å². The molecule has 0 aliphatic carbocycles.